The van der Waals surface area contributed by atoms with Crippen LogP contribution in [-0.4, -0.2) is 18.9 Å². The Morgan fingerprint density at radius 3 is 1.91 bits per heavy atom. The van der Waals surface area contributed by atoms with E-state index in [4.69, 9.17) is 9.97 Å². The summed E-state index contributed by atoms with van der Waals surface area (Å²) in [5, 5.41) is 9.90. The third-order valence-electron chi connectivity index (χ3n) is 9.79. The summed E-state index contributed by atoms with van der Waals surface area (Å²) in [7, 11) is 0. The van der Waals surface area contributed by atoms with E-state index in [2.05, 4.69) is 136 Å². The first-order chi connectivity index (χ1) is 22.8. The van der Waals surface area contributed by atoms with E-state index >= 15 is 0 Å². The smallest absolute Gasteiger partial charge is 0.165 e. The Bertz CT molecular complexity index is 3020. The third kappa shape index (κ3) is 2.98. The fraction of sp³-hybridized carbons (Fsp3) is 0. The van der Waals surface area contributed by atoms with Crippen LogP contribution in [0, 0.1) is 0 Å². The van der Waals surface area contributed by atoms with E-state index < -0.39 is 0 Å². The van der Waals surface area contributed by atoms with Gasteiger partial charge in [0.15, 0.2) is 5.82 Å². The highest BCUT2D eigenvalue weighted by molar-refractivity contribution is 6.35. The zero-order valence-corrected chi connectivity index (χ0v) is 24.6. The predicted molar refractivity (Wildman–Crippen MR) is 191 cm³/mol. The fourth-order valence-electron chi connectivity index (χ4n) is 7.95. The van der Waals surface area contributed by atoms with Crippen LogP contribution >= 0.6 is 0 Å². The minimum Gasteiger partial charge on any atom is -0.308 e. The molecule has 11 aromatic rings. The van der Waals surface area contributed by atoms with E-state index in [1.807, 2.05) is 18.2 Å². The van der Waals surface area contributed by atoms with Gasteiger partial charge in [-0.2, -0.15) is 0 Å². The second-order valence-electron chi connectivity index (χ2n) is 12.2. The highest BCUT2D eigenvalue weighted by Crippen LogP contribution is 2.47. The van der Waals surface area contributed by atoms with E-state index in [0.29, 0.717) is 0 Å². The molecule has 0 amide bonds. The maximum Gasteiger partial charge on any atom is 0.165 e. The monoisotopic (exact) mass is 584 g/mol. The number of fused-ring (bicyclic) bond motifs is 8. The molecule has 0 saturated heterocycles. The lowest BCUT2D eigenvalue weighted by Crippen LogP contribution is -2.04. The Morgan fingerprint density at radius 2 is 1.04 bits per heavy atom. The van der Waals surface area contributed by atoms with Gasteiger partial charge < -0.3 is 4.40 Å². The van der Waals surface area contributed by atoms with Crippen molar-refractivity contribution in [1.82, 2.24) is 18.9 Å². The largest absolute Gasteiger partial charge is 0.308 e. The quantitative estimate of drug-likeness (QED) is 0.203. The van der Waals surface area contributed by atoms with Crippen molar-refractivity contribution in [2.45, 2.75) is 0 Å². The molecule has 0 aliphatic heterocycles. The Hall–Kier alpha value is -6.26. The van der Waals surface area contributed by atoms with Gasteiger partial charge in [0.1, 0.15) is 5.69 Å². The van der Waals surface area contributed by atoms with Crippen LogP contribution in [0.25, 0.3) is 98.8 Å². The van der Waals surface area contributed by atoms with Crippen LogP contribution in [-0.2, 0) is 0 Å². The van der Waals surface area contributed by atoms with Gasteiger partial charge in [-0.05, 0) is 47.2 Å². The predicted octanol–water partition coefficient (Wildman–Crippen LogP) is 10.7. The average Bonchev–Trinajstić information content (AvgIpc) is 3.61. The summed E-state index contributed by atoms with van der Waals surface area (Å²) in [6, 6.07) is 52.1. The SMILES string of the molecule is c1ccc(-c2nc3ccccc3nc2-n2c3cccc4c3c3c(cc5ccccc5c32)c2cccc3c5ccccc5n4c23)cc1. The lowest BCUT2D eigenvalue weighted by atomic mass is 9.99. The molecule has 0 bridgehead atoms. The number of benzene rings is 7. The molecule has 0 atom stereocenters. The number of aromatic nitrogens is 4. The molecule has 4 aromatic heterocycles. The minimum absolute atomic E-state index is 0.834. The fourth-order valence-corrected chi connectivity index (χ4v) is 7.95. The number of para-hydroxylation sites is 4. The maximum absolute atomic E-state index is 5.42. The molecule has 0 aliphatic carbocycles. The highest BCUT2D eigenvalue weighted by atomic mass is 15.1. The summed E-state index contributed by atoms with van der Waals surface area (Å²) in [6.07, 6.45) is 0. The summed E-state index contributed by atoms with van der Waals surface area (Å²) in [5.41, 5.74) is 9.59. The van der Waals surface area contributed by atoms with Crippen molar-refractivity contribution in [3.8, 4) is 17.1 Å². The van der Waals surface area contributed by atoms with Crippen molar-refractivity contribution in [2.24, 2.45) is 0 Å². The lowest BCUT2D eigenvalue weighted by Gasteiger charge is -2.15. The number of rotatable bonds is 2. The molecule has 0 aliphatic rings. The molecule has 4 nitrogen and oxygen atoms in total. The van der Waals surface area contributed by atoms with Gasteiger partial charge >= 0.3 is 0 Å². The molecular formula is C42H24N4. The molecular weight excluding hydrogens is 560 g/mol. The standard InChI is InChI=1S/C42H24N4/c1-2-12-25(13-3-1)39-42(44-33-20-8-7-19-32(33)43-39)46-36-23-11-22-35-38(36)37-31(24-26-14-4-5-15-27(26)41(37)46)30-18-10-17-29-28-16-6-9-21-34(28)45(35)40(29)30/h1-24H. The van der Waals surface area contributed by atoms with E-state index in [9.17, 15) is 0 Å². The molecule has 212 valence electrons. The van der Waals surface area contributed by atoms with Crippen molar-refractivity contribution < 1.29 is 0 Å². The van der Waals surface area contributed by atoms with Gasteiger partial charge in [-0.15, -0.1) is 0 Å². The van der Waals surface area contributed by atoms with Gasteiger partial charge in [0.2, 0.25) is 0 Å². The minimum atomic E-state index is 0.834. The molecule has 4 heterocycles. The van der Waals surface area contributed by atoms with Crippen LogP contribution in [0.15, 0.2) is 146 Å². The van der Waals surface area contributed by atoms with Gasteiger partial charge in [0.05, 0.1) is 38.6 Å². The van der Waals surface area contributed by atoms with Crippen LogP contribution in [0.5, 0.6) is 0 Å². The van der Waals surface area contributed by atoms with Gasteiger partial charge in [0.25, 0.3) is 0 Å². The maximum atomic E-state index is 5.42. The van der Waals surface area contributed by atoms with E-state index in [1.54, 1.807) is 0 Å². The van der Waals surface area contributed by atoms with E-state index in [0.717, 1.165) is 39.1 Å². The third-order valence-corrected chi connectivity index (χ3v) is 9.79. The Labute approximate surface area is 262 Å². The van der Waals surface area contributed by atoms with E-state index in [-0.39, 0.29) is 0 Å². The first-order valence-corrected chi connectivity index (χ1v) is 15.7. The average molecular weight is 585 g/mol. The lowest BCUT2D eigenvalue weighted by molar-refractivity contribution is 1.08. The molecule has 0 radical (unpaired) electrons. The Balaban J connectivity index is 1.48. The second kappa shape index (κ2) is 8.68. The molecule has 11 rings (SSSR count). The number of hydrogen-bond acceptors (Lipinski definition) is 2. The number of hydrogen-bond donors (Lipinski definition) is 0. The first-order valence-electron chi connectivity index (χ1n) is 15.7. The van der Waals surface area contributed by atoms with Gasteiger partial charge in [-0.3, -0.25) is 4.57 Å². The van der Waals surface area contributed by atoms with Crippen LogP contribution in [0.3, 0.4) is 0 Å². The molecule has 4 heteroatoms. The van der Waals surface area contributed by atoms with Crippen molar-refractivity contribution in [3.63, 3.8) is 0 Å². The molecule has 0 N–H and O–H groups in total. The van der Waals surface area contributed by atoms with Crippen molar-refractivity contribution in [2.75, 3.05) is 0 Å². The topological polar surface area (TPSA) is 35.1 Å². The zero-order valence-electron chi connectivity index (χ0n) is 24.6. The summed E-state index contributed by atoms with van der Waals surface area (Å²) in [4.78, 5) is 10.7. The Kier molecular flexibility index (Phi) is 4.55. The molecule has 0 unspecified atom stereocenters. The summed E-state index contributed by atoms with van der Waals surface area (Å²) in [6.45, 7) is 0. The van der Waals surface area contributed by atoms with Crippen LogP contribution in [0.1, 0.15) is 0 Å². The Morgan fingerprint density at radius 1 is 0.413 bits per heavy atom. The summed E-state index contributed by atoms with van der Waals surface area (Å²) >= 11 is 0. The second-order valence-corrected chi connectivity index (χ2v) is 12.2. The van der Waals surface area contributed by atoms with Crippen molar-refractivity contribution in [3.05, 3.63) is 146 Å². The molecule has 46 heavy (non-hydrogen) atoms. The molecule has 7 aromatic carbocycles. The zero-order chi connectivity index (χ0) is 29.9. The summed E-state index contributed by atoms with van der Waals surface area (Å²) in [5.74, 6) is 0.834. The van der Waals surface area contributed by atoms with E-state index in [1.165, 1.54) is 59.6 Å². The molecule has 0 saturated carbocycles. The highest BCUT2D eigenvalue weighted by Gasteiger charge is 2.25. The van der Waals surface area contributed by atoms with Gasteiger partial charge in [-0.1, -0.05) is 109 Å². The van der Waals surface area contributed by atoms with Crippen LogP contribution in [0.4, 0.5) is 0 Å². The van der Waals surface area contributed by atoms with Gasteiger partial charge in [0, 0.05) is 37.9 Å². The molecule has 0 fully saturated rings. The summed E-state index contributed by atoms with van der Waals surface area (Å²) < 4.78 is 4.87. The van der Waals surface area contributed by atoms with Crippen molar-refractivity contribution >= 4 is 81.7 Å². The molecule has 0 spiro atoms. The normalized spacial score (nSPS) is 12.3. The number of nitrogens with zero attached hydrogens (tertiary/aromatic N) is 4. The van der Waals surface area contributed by atoms with Gasteiger partial charge in [-0.25, -0.2) is 9.97 Å². The van der Waals surface area contributed by atoms with Crippen LogP contribution in [0.2, 0.25) is 0 Å². The van der Waals surface area contributed by atoms with Crippen molar-refractivity contribution in [1.29, 1.82) is 0 Å². The first kappa shape index (κ1) is 24.1. The van der Waals surface area contributed by atoms with Crippen LogP contribution < -0.4 is 0 Å².